The van der Waals surface area contributed by atoms with Gasteiger partial charge in [0.25, 0.3) is 0 Å². The molecule has 2 rings (SSSR count). The van der Waals surface area contributed by atoms with Crippen LogP contribution in [-0.2, 0) is 13.0 Å². The van der Waals surface area contributed by atoms with Crippen molar-refractivity contribution in [2.75, 3.05) is 13.7 Å². The summed E-state index contributed by atoms with van der Waals surface area (Å²) < 4.78 is 24.3. The lowest BCUT2D eigenvalue weighted by Crippen LogP contribution is -2.06. The lowest BCUT2D eigenvalue weighted by Gasteiger charge is -2.13. The highest BCUT2D eigenvalue weighted by Gasteiger charge is 2.07. The molecular weight excluding hydrogens is 257 g/mol. The molecule has 0 bridgehead atoms. The van der Waals surface area contributed by atoms with Gasteiger partial charge < -0.3 is 15.2 Å². The van der Waals surface area contributed by atoms with Crippen molar-refractivity contribution in [3.8, 4) is 11.5 Å². The molecule has 3 nitrogen and oxygen atoms in total. The lowest BCUT2D eigenvalue weighted by atomic mass is 10.1. The minimum Gasteiger partial charge on any atom is -0.496 e. The quantitative estimate of drug-likeness (QED) is 0.881. The summed E-state index contributed by atoms with van der Waals surface area (Å²) in [7, 11) is 1.62. The van der Waals surface area contributed by atoms with Gasteiger partial charge in [-0.15, -0.1) is 0 Å². The van der Waals surface area contributed by atoms with Crippen molar-refractivity contribution >= 4 is 0 Å². The normalized spacial score (nSPS) is 10.3. The molecule has 0 aliphatic carbocycles. The molecule has 0 amide bonds. The van der Waals surface area contributed by atoms with Crippen LogP contribution >= 0.6 is 0 Å². The minimum atomic E-state index is -0.280. The largest absolute Gasteiger partial charge is 0.496 e. The molecule has 2 aromatic rings. The number of benzene rings is 2. The van der Waals surface area contributed by atoms with Crippen LogP contribution in [0.15, 0.2) is 42.5 Å². The van der Waals surface area contributed by atoms with Gasteiger partial charge in [-0.3, -0.25) is 0 Å². The first-order valence-corrected chi connectivity index (χ1v) is 6.47. The second-order valence-electron chi connectivity index (χ2n) is 4.39. The molecule has 0 unspecified atom stereocenters. The van der Waals surface area contributed by atoms with E-state index in [-0.39, 0.29) is 5.82 Å². The second kappa shape index (κ2) is 6.91. The Balaban J connectivity index is 2.14. The number of hydrogen-bond donors (Lipinski definition) is 1. The summed E-state index contributed by atoms with van der Waals surface area (Å²) in [5.74, 6) is 1.15. The first-order valence-electron chi connectivity index (χ1n) is 6.47. The third-order valence-electron chi connectivity index (χ3n) is 3.01. The molecule has 0 radical (unpaired) electrons. The van der Waals surface area contributed by atoms with Gasteiger partial charge in [0.1, 0.15) is 23.9 Å². The molecule has 4 heteroatoms. The first kappa shape index (κ1) is 14.3. The Morgan fingerprint density at radius 1 is 1.05 bits per heavy atom. The number of halogens is 1. The molecule has 0 atom stereocenters. The standard InChI is InChI=1S/C16H18FNO2/c1-19-15-5-3-2-4-13(15)11-20-16-7-6-14(17)10-12(16)8-9-18/h2-7,10H,8-9,11,18H2,1H3. The maximum absolute atomic E-state index is 13.2. The van der Waals surface area contributed by atoms with E-state index in [9.17, 15) is 4.39 Å². The fourth-order valence-electron chi connectivity index (χ4n) is 2.02. The SMILES string of the molecule is COc1ccccc1COc1ccc(F)cc1CCN. The molecule has 0 saturated carbocycles. The van der Waals surface area contributed by atoms with Crippen LogP contribution in [0.5, 0.6) is 11.5 Å². The molecule has 2 aromatic carbocycles. The molecule has 0 aliphatic rings. The van der Waals surface area contributed by atoms with Crippen molar-refractivity contribution in [1.82, 2.24) is 0 Å². The summed E-state index contributed by atoms with van der Waals surface area (Å²) in [4.78, 5) is 0. The second-order valence-corrected chi connectivity index (χ2v) is 4.39. The zero-order valence-corrected chi connectivity index (χ0v) is 11.4. The maximum Gasteiger partial charge on any atom is 0.125 e. The summed E-state index contributed by atoms with van der Waals surface area (Å²) in [6, 6.07) is 12.1. The highest BCUT2D eigenvalue weighted by molar-refractivity contribution is 5.36. The van der Waals surface area contributed by atoms with Crippen molar-refractivity contribution in [2.24, 2.45) is 5.73 Å². The van der Waals surface area contributed by atoms with Crippen molar-refractivity contribution in [2.45, 2.75) is 13.0 Å². The third-order valence-corrected chi connectivity index (χ3v) is 3.01. The number of nitrogens with two attached hydrogens (primary N) is 1. The summed E-state index contributed by atoms with van der Waals surface area (Å²) >= 11 is 0. The van der Waals surface area contributed by atoms with Gasteiger partial charge in [-0.1, -0.05) is 18.2 Å². The Hall–Kier alpha value is -2.07. The van der Waals surface area contributed by atoms with Crippen molar-refractivity contribution in [3.63, 3.8) is 0 Å². The number of para-hydroxylation sites is 1. The van der Waals surface area contributed by atoms with Crippen molar-refractivity contribution in [3.05, 3.63) is 59.4 Å². The predicted octanol–water partition coefficient (Wildman–Crippen LogP) is 2.91. The van der Waals surface area contributed by atoms with Crippen LogP contribution in [0.3, 0.4) is 0 Å². The van der Waals surface area contributed by atoms with Gasteiger partial charge in [0, 0.05) is 5.56 Å². The molecule has 0 heterocycles. The Kier molecular flexibility index (Phi) is 4.96. The van der Waals surface area contributed by atoms with E-state index in [1.165, 1.54) is 12.1 Å². The zero-order valence-electron chi connectivity index (χ0n) is 11.4. The highest BCUT2D eigenvalue weighted by Crippen LogP contribution is 2.24. The summed E-state index contributed by atoms with van der Waals surface area (Å²) in [6.07, 6.45) is 0.582. The summed E-state index contributed by atoms with van der Waals surface area (Å²) in [5, 5.41) is 0. The first-order chi connectivity index (χ1) is 9.74. The smallest absolute Gasteiger partial charge is 0.125 e. The van der Waals surface area contributed by atoms with Gasteiger partial charge in [-0.25, -0.2) is 4.39 Å². The van der Waals surface area contributed by atoms with E-state index < -0.39 is 0 Å². The van der Waals surface area contributed by atoms with Gasteiger partial charge >= 0.3 is 0 Å². The summed E-state index contributed by atoms with van der Waals surface area (Å²) in [5.41, 5.74) is 7.26. The Bertz CT molecular complexity index is 572. The van der Waals surface area contributed by atoms with Gasteiger partial charge in [0.15, 0.2) is 0 Å². The number of ether oxygens (including phenoxy) is 2. The minimum absolute atomic E-state index is 0.280. The Morgan fingerprint density at radius 3 is 2.60 bits per heavy atom. The van der Waals surface area contributed by atoms with E-state index in [1.54, 1.807) is 13.2 Å². The fourth-order valence-corrected chi connectivity index (χ4v) is 2.02. The van der Waals surface area contributed by atoms with Gasteiger partial charge in [-0.05, 0) is 42.8 Å². The molecule has 0 aliphatic heterocycles. The van der Waals surface area contributed by atoms with Crippen LogP contribution in [0.1, 0.15) is 11.1 Å². The van der Waals surface area contributed by atoms with E-state index in [4.69, 9.17) is 15.2 Å². The lowest BCUT2D eigenvalue weighted by molar-refractivity contribution is 0.293. The van der Waals surface area contributed by atoms with Crippen LogP contribution in [0, 0.1) is 5.82 Å². The summed E-state index contributed by atoms with van der Waals surface area (Å²) in [6.45, 7) is 0.821. The average Bonchev–Trinajstić information content (AvgIpc) is 2.47. The van der Waals surface area contributed by atoms with E-state index in [1.807, 2.05) is 24.3 Å². The maximum atomic E-state index is 13.2. The molecule has 20 heavy (non-hydrogen) atoms. The Morgan fingerprint density at radius 2 is 1.85 bits per heavy atom. The number of rotatable bonds is 6. The molecule has 0 saturated heterocycles. The highest BCUT2D eigenvalue weighted by atomic mass is 19.1. The number of methoxy groups -OCH3 is 1. The average molecular weight is 275 g/mol. The molecule has 2 N–H and O–H groups in total. The monoisotopic (exact) mass is 275 g/mol. The van der Waals surface area contributed by atoms with Crippen molar-refractivity contribution in [1.29, 1.82) is 0 Å². The van der Waals surface area contributed by atoms with Crippen LogP contribution in [0.2, 0.25) is 0 Å². The van der Waals surface area contributed by atoms with Crippen LogP contribution in [-0.4, -0.2) is 13.7 Å². The van der Waals surface area contributed by atoms with E-state index >= 15 is 0 Å². The molecule has 0 spiro atoms. The zero-order chi connectivity index (χ0) is 14.4. The predicted molar refractivity (Wildman–Crippen MR) is 76.5 cm³/mol. The van der Waals surface area contributed by atoms with Gasteiger partial charge in [0.05, 0.1) is 7.11 Å². The van der Waals surface area contributed by atoms with E-state index in [0.29, 0.717) is 25.3 Å². The van der Waals surface area contributed by atoms with Gasteiger partial charge in [0.2, 0.25) is 0 Å². The number of hydrogen-bond acceptors (Lipinski definition) is 3. The molecule has 0 aromatic heterocycles. The topological polar surface area (TPSA) is 44.5 Å². The van der Waals surface area contributed by atoms with E-state index in [0.717, 1.165) is 16.9 Å². The Labute approximate surface area is 118 Å². The third kappa shape index (κ3) is 3.48. The van der Waals surface area contributed by atoms with Gasteiger partial charge in [-0.2, -0.15) is 0 Å². The van der Waals surface area contributed by atoms with Crippen LogP contribution < -0.4 is 15.2 Å². The van der Waals surface area contributed by atoms with Crippen molar-refractivity contribution < 1.29 is 13.9 Å². The molecular formula is C16H18FNO2. The molecule has 106 valence electrons. The fraction of sp³-hybridized carbons (Fsp3) is 0.250. The van der Waals surface area contributed by atoms with Crippen LogP contribution in [0.4, 0.5) is 4.39 Å². The van der Waals surface area contributed by atoms with E-state index in [2.05, 4.69) is 0 Å². The van der Waals surface area contributed by atoms with Crippen LogP contribution in [0.25, 0.3) is 0 Å². The molecule has 0 fully saturated rings.